The van der Waals surface area contributed by atoms with Gasteiger partial charge in [-0.15, -0.1) is 0 Å². The van der Waals surface area contributed by atoms with Gasteiger partial charge in [-0.05, 0) is 35.4 Å². The maximum atomic E-state index is 13.9. The Kier molecular flexibility index (Phi) is 5.94. The Morgan fingerprint density at radius 3 is 1.19 bits per heavy atom. The second-order valence-corrected chi connectivity index (χ2v) is 9.06. The second kappa shape index (κ2) is 9.23. The Morgan fingerprint density at radius 2 is 0.861 bits per heavy atom. The number of hydrogen-bond donors (Lipinski definition) is 4. The third-order valence-corrected chi connectivity index (χ3v) is 7.02. The van der Waals surface area contributed by atoms with Gasteiger partial charge in [0.15, 0.2) is 11.6 Å². The van der Waals surface area contributed by atoms with Crippen LogP contribution < -0.4 is 0 Å². The highest BCUT2D eigenvalue weighted by Gasteiger charge is 2.58. The first-order valence-corrected chi connectivity index (χ1v) is 11.6. The van der Waals surface area contributed by atoms with Gasteiger partial charge in [-0.1, -0.05) is 60.7 Å². The van der Waals surface area contributed by atoms with Crippen LogP contribution in [0.2, 0.25) is 0 Å². The molecule has 4 aromatic carbocycles. The lowest BCUT2D eigenvalue weighted by atomic mass is 9.49. The van der Waals surface area contributed by atoms with Crippen LogP contribution in [0.4, 0.5) is 0 Å². The molecule has 1 aliphatic carbocycles. The summed E-state index contributed by atoms with van der Waals surface area (Å²) in [5, 5.41) is 40.3. The number of benzene rings is 4. The normalized spacial score (nSPS) is 20.9. The molecule has 0 aliphatic heterocycles. The highest BCUT2D eigenvalue weighted by atomic mass is 16.3. The predicted octanol–water partition coefficient (Wildman–Crippen LogP) is 5.39. The molecule has 180 valence electrons. The Balaban J connectivity index is 1.67. The molecular weight excluding hydrogens is 456 g/mol. The lowest BCUT2D eigenvalue weighted by Gasteiger charge is -2.51. The molecule has 0 heterocycles. The predicted molar refractivity (Wildman–Crippen MR) is 134 cm³/mol. The molecule has 0 spiro atoms. The van der Waals surface area contributed by atoms with E-state index in [0.29, 0.717) is 0 Å². The quantitative estimate of drug-likeness (QED) is 0.275. The molecule has 1 fully saturated rings. The number of carbonyl (C=O) groups excluding carboxylic acids is 2. The molecule has 5 rings (SSSR count). The molecule has 0 amide bonds. The molecule has 6 heteroatoms. The zero-order valence-electron chi connectivity index (χ0n) is 19.2. The van der Waals surface area contributed by atoms with E-state index in [-0.39, 0.29) is 46.0 Å². The lowest BCUT2D eigenvalue weighted by Crippen LogP contribution is -2.51. The van der Waals surface area contributed by atoms with Gasteiger partial charge < -0.3 is 20.4 Å². The molecule has 4 N–H and O–H groups in total. The standard InChI is InChI=1S/C30H24O6/c31-19-11-13-21(23(33)15-19)29(35)27-25(17-7-3-1-4-8-17)26(18-9-5-2-6-10-18)28(27)30(36)22-14-12-20(32)16-24(22)34/h1-16,25-28,31-34H/t25-,26+,27+,28-. The molecular formula is C30H24O6. The molecule has 6 nitrogen and oxygen atoms in total. The van der Waals surface area contributed by atoms with Crippen molar-refractivity contribution in [3.63, 3.8) is 0 Å². The molecule has 0 bridgehead atoms. The van der Waals surface area contributed by atoms with E-state index in [1.54, 1.807) is 0 Å². The maximum absolute atomic E-state index is 13.9. The summed E-state index contributed by atoms with van der Waals surface area (Å²) in [6.07, 6.45) is 0. The second-order valence-electron chi connectivity index (χ2n) is 9.06. The van der Waals surface area contributed by atoms with E-state index in [4.69, 9.17) is 0 Å². The van der Waals surface area contributed by atoms with Crippen LogP contribution in [0.3, 0.4) is 0 Å². The van der Waals surface area contributed by atoms with Crippen molar-refractivity contribution in [2.75, 3.05) is 0 Å². The van der Waals surface area contributed by atoms with Crippen molar-refractivity contribution in [2.45, 2.75) is 11.8 Å². The van der Waals surface area contributed by atoms with E-state index in [9.17, 15) is 30.0 Å². The summed E-state index contributed by atoms with van der Waals surface area (Å²) in [7, 11) is 0. The van der Waals surface area contributed by atoms with Crippen LogP contribution in [0.5, 0.6) is 23.0 Å². The Bertz CT molecular complexity index is 1320. The van der Waals surface area contributed by atoms with Crippen LogP contribution in [-0.2, 0) is 0 Å². The van der Waals surface area contributed by atoms with Gasteiger partial charge in [0.1, 0.15) is 23.0 Å². The highest BCUT2D eigenvalue weighted by Crippen LogP contribution is 2.60. The molecule has 0 aromatic heterocycles. The van der Waals surface area contributed by atoms with Crippen LogP contribution >= 0.6 is 0 Å². The van der Waals surface area contributed by atoms with Gasteiger partial charge in [0.25, 0.3) is 0 Å². The third kappa shape index (κ3) is 3.96. The van der Waals surface area contributed by atoms with E-state index in [2.05, 4.69) is 0 Å². The summed E-state index contributed by atoms with van der Waals surface area (Å²) in [6.45, 7) is 0. The summed E-state index contributed by atoms with van der Waals surface area (Å²) >= 11 is 0. The lowest BCUT2D eigenvalue weighted by molar-refractivity contribution is 0.0452. The average Bonchev–Trinajstić information content (AvgIpc) is 2.84. The van der Waals surface area contributed by atoms with Gasteiger partial charge in [-0.2, -0.15) is 0 Å². The SMILES string of the molecule is O=C(c1ccc(O)cc1O)[C@@H]1[C@H](C(=O)c2ccc(O)cc2O)[C@@H](c2ccccc2)[C@H]1c1ccccc1. The van der Waals surface area contributed by atoms with E-state index in [1.165, 1.54) is 24.3 Å². The molecule has 1 saturated carbocycles. The maximum Gasteiger partial charge on any atom is 0.171 e. The van der Waals surface area contributed by atoms with Crippen LogP contribution in [0.1, 0.15) is 43.7 Å². The fraction of sp³-hybridized carbons (Fsp3) is 0.133. The molecule has 0 unspecified atom stereocenters. The summed E-state index contributed by atoms with van der Waals surface area (Å²) in [6, 6.07) is 26.4. The van der Waals surface area contributed by atoms with E-state index >= 15 is 0 Å². The van der Waals surface area contributed by atoms with Crippen molar-refractivity contribution < 1.29 is 30.0 Å². The molecule has 36 heavy (non-hydrogen) atoms. The molecule has 0 radical (unpaired) electrons. The monoisotopic (exact) mass is 480 g/mol. The molecule has 4 aromatic rings. The van der Waals surface area contributed by atoms with E-state index < -0.39 is 23.4 Å². The first-order valence-electron chi connectivity index (χ1n) is 11.6. The first-order chi connectivity index (χ1) is 17.4. The topological polar surface area (TPSA) is 115 Å². The number of aromatic hydroxyl groups is 4. The van der Waals surface area contributed by atoms with E-state index in [0.717, 1.165) is 23.3 Å². The fourth-order valence-corrected chi connectivity index (χ4v) is 5.40. The van der Waals surface area contributed by atoms with Crippen molar-refractivity contribution in [1.29, 1.82) is 0 Å². The van der Waals surface area contributed by atoms with Gasteiger partial charge in [-0.25, -0.2) is 0 Å². The number of ketones is 2. The number of carbonyl (C=O) groups is 2. The Labute approximate surface area is 207 Å². The zero-order valence-corrected chi connectivity index (χ0v) is 19.2. The first kappa shape index (κ1) is 23.2. The van der Waals surface area contributed by atoms with Crippen LogP contribution in [-0.4, -0.2) is 32.0 Å². The number of phenols is 4. The van der Waals surface area contributed by atoms with Gasteiger partial charge in [-0.3, -0.25) is 9.59 Å². The minimum absolute atomic E-state index is 0.0120. The fourth-order valence-electron chi connectivity index (χ4n) is 5.40. The third-order valence-electron chi connectivity index (χ3n) is 7.02. The average molecular weight is 481 g/mol. The van der Waals surface area contributed by atoms with Crippen LogP contribution in [0.25, 0.3) is 0 Å². The summed E-state index contributed by atoms with van der Waals surface area (Å²) in [5.74, 6) is -4.37. The number of phenolic OH excluding ortho intramolecular Hbond substituents is 4. The number of rotatable bonds is 6. The highest BCUT2D eigenvalue weighted by molar-refractivity contribution is 6.09. The van der Waals surface area contributed by atoms with Gasteiger partial charge >= 0.3 is 0 Å². The van der Waals surface area contributed by atoms with Crippen molar-refractivity contribution in [3.8, 4) is 23.0 Å². The molecule has 0 saturated heterocycles. The Morgan fingerprint density at radius 1 is 0.500 bits per heavy atom. The van der Waals surface area contributed by atoms with Crippen molar-refractivity contribution in [3.05, 3.63) is 119 Å². The Hall–Kier alpha value is -4.58. The minimum Gasteiger partial charge on any atom is -0.508 e. The number of Topliss-reactive ketones (excluding diaryl/α,β-unsaturated/α-hetero) is 2. The summed E-state index contributed by atoms with van der Waals surface area (Å²) in [4.78, 5) is 27.8. The molecule has 1 aliphatic rings. The van der Waals surface area contributed by atoms with E-state index in [1.807, 2.05) is 60.7 Å². The zero-order chi connectivity index (χ0) is 25.4. The number of hydrogen-bond acceptors (Lipinski definition) is 6. The van der Waals surface area contributed by atoms with Crippen molar-refractivity contribution in [1.82, 2.24) is 0 Å². The van der Waals surface area contributed by atoms with Crippen molar-refractivity contribution in [2.24, 2.45) is 11.8 Å². The van der Waals surface area contributed by atoms with Crippen LogP contribution in [0, 0.1) is 11.8 Å². The largest absolute Gasteiger partial charge is 0.508 e. The van der Waals surface area contributed by atoms with Crippen molar-refractivity contribution >= 4 is 11.6 Å². The molecule has 4 atom stereocenters. The van der Waals surface area contributed by atoms with Gasteiger partial charge in [0, 0.05) is 35.8 Å². The smallest absolute Gasteiger partial charge is 0.171 e. The van der Waals surface area contributed by atoms with Gasteiger partial charge in [0.05, 0.1) is 11.1 Å². The van der Waals surface area contributed by atoms with Crippen LogP contribution in [0.15, 0.2) is 97.1 Å². The van der Waals surface area contributed by atoms with Gasteiger partial charge in [0.2, 0.25) is 0 Å². The minimum atomic E-state index is -0.839. The summed E-state index contributed by atoms with van der Waals surface area (Å²) < 4.78 is 0. The summed E-state index contributed by atoms with van der Waals surface area (Å²) in [5.41, 5.74) is 1.78.